The fourth-order valence-electron chi connectivity index (χ4n) is 6.30. The third-order valence-corrected chi connectivity index (χ3v) is 8.63. The van der Waals surface area contributed by atoms with Crippen molar-refractivity contribution in [1.29, 1.82) is 0 Å². The Morgan fingerprint density at radius 1 is 0.574 bits per heavy atom. The van der Waals surface area contributed by atoms with Crippen molar-refractivity contribution in [2.24, 2.45) is 4.99 Å². The van der Waals surface area contributed by atoms with E-state index in [0.717, 1.165) is 66.5 Å². The molecule has 1 aliphatic heterocycles. The number of benzene rings is 4. The van der Waals surface area contributed by atoms with E-state index in [4.69, 9.17) is 30.0 Å². The van der Waals surface area contributed by atoms with E-state index in [-0.39, 0.29) is 5.92 Å². The Kier molecular flexibility index (Phi) is 6.45. The van der Waals surface area contributed by atoms with Crippen LogP contribution in [0.5, 0.6) is 0 Å². The van der Waals surface area contributed by atoms with Crippen LogP contribution in [0.2, 0.25) is 0 Å². The van der Waals surface area contributed by atoms with Gasteiger partial charge in [0.2, 0.25) is 0 Å². The van der Waals surface area contributed by atoms with Gasteiger partial charge in [0.05, 0.1) is 28.6 Å². The van der Waals surface area contributed by atoms with Gasteiger partial charge < -0.3 is 0 Å². The summed E-state index contributed by atoms with van der Waals surface area (Å²) in [5, 5.41) is 7.78. The maximum absolute atomic E-state index is 5.14. The van der Waals surface area contributed by atoms with Gasteiger partial charge in [-0.25, -0.2) is 19.5 Å². The molecule has 9 rings (SSSR count). The monoisotopic (exact) mass is 605 g/mol. The fourth-order valence-corrected chi connectivity index (χ4v) is 6.30. The zero-order valence-electron chi connectivity index (χ0n) is 25.3. The highest BCUT2D eigenvalue weighted by Gasteiger charge is 2.20. The molecule has 222 valence electrons. The van der Waals surface area contributed by atoms with Crippen molar-refractivity contribution in [3.63, 3.8) is 0 Å². The van der Waals surface area contributed by atoms with Crippen LogP contribution >= 0.6 is 0 Å². The molecule has 0 aliphatic carbocycles. The molecule has 0 fully saturated rings. The molecule has 0 saturated carbocycles. The standard InChI is InChI=1S/C40H27N7/c1-4-12-26(13-5-1)33-24-34(44-38(43-33)27-14-6-2-7-15-27)30-19-10-18-29(22-30)31-23-35-36(42-25-31)32-20-11-21-41-37(32)40-45-39(46-47(35)40)28-16-8-3-9-17-28/h1-24,31H,25H2. The fraction of sp³-hybridized carbons (Fsp3) is 0.0500. The second kappa shape index (κ2) is 11.2. The van der Waals surface area contributed by atoms with Crippen LogP contribution in [0.15, 0.2) is 145 Å². The van der Waals surface area contributed by atoms with Gasteiger partial charge in [0.1, 0.15) is 5.52 Å². The summed E-state index contributed by atoms with van der Waals surface area (Å²) >= 11 is 0. The van der Waals surface area contributed by atoms with Crippen LogP contribution in [0, 0.1) is 0 Å². The smallest absolute Gasteiger partial charge is 0.183 e. The van der Waals surface area contributed by atoms with Gasteiger partial charge in [-0.2, -0.15) is 0 Å². The molecule has 0 saturated heterocycles. The molecule has 7 nitrogen and oxygen atoms in total. The van der Waals surface area contributed by atoms with Gasteiger partial charge in [0.15, 0.2) is 17.3 Å². The third kappa shape index (κ3) is 4.85. The number of hydrogen-bond acceptors (Lipinski definition) is 6. The molecule has 0 N–H and O–H groups in total. The molecular weight excluding hydrogens is 578 g/mol. The van der Waals surface area contributed by atoms with E-state index in [0.29, 0.717) is 18.2 Å². The minimum Gasteiger partial charge on any atom is -0.281 e. The van der Waals surface area contributed by atoms with Crippen molar-refractivity contribution >= 4 is 22.6 Å². The molecule has 1 unspecified atom stereocenters. The van der Waals surface area contributed by atoms with Crippen molar-refractivity contribution in [3.8, 4) is 45.3 Å². The first-order valence-electron chi connectivity index (χ1n) is 15.6. The summed E-state index contributed by atoms with van der Waals surface area (Å²) in [6, 6.07) is 45.2. The topological polar surface area (TPSA) is 81.2 Å². The molecule has 0 spiro atoms. The lowest BCUT2D eigenvalue weighted by atomic mass is 9.94. The second-order valence-corrected chi connectivity index (χ2v) is 11.6. The van der Waals surface area contributed by atoms with E-state index in [9.17, 15) is 0 Å². The zero-order valence-corrected chi connectivity index (χ0v) is 25.3. The summed E-state index contributed by atoms with van der Waals surface area (Å²) in [5.41, 5.74) is 8.45. The molecule has 1 atom stereocenters. The lowest BCUT2D eigenvalue weighted by molar-refractivity contribution is 0.806. The Balaban J connectivity index is 1.18. The average Bonchev–Trinajstić information content (AvgIpc) is 3.62. The van der Waals surface area contributed by atoms with Crippen molar-refractivity contribution in [2.45, 2.75) is 5.92 Å². The highest BCUT2D eigenvalue weighted by molar-refractivity contribution is 5.90. The summed E-state index contributed by atoms with van der Waals surface area (Å²) in [5.74, 6) is 1.40. The summed E-state index contributed by atoms with van der Waals surface area (Å²) in [4.78, 5) is 24.8. The molecule has 0 amide bonds. The molecule has 0 bridgehead atoms. The Hall–Kier alpha value is -6.34. The maximum atomic E-state index is 5.14. The van der Waals surface area contributed by atoms with E-state index in [2.05, 4.69) is 54.6 Å². The Labute approximate surface area is 270 Å². The molecule has 4 aromatic carbocycles. The predicted molar refractivity (Wildman–Crippen MR) is 185 cm³/mol. The first kappa shape index (κ1) is 27.0. The van der Waals surface area contributed by atoms with Gasteiger partial charge >= 0.3 is 0 Å². The minimum atomic E-state index is 0.0353. The van der Waals surface area contributed by atoms with Crippen LogP contribution < -0.4 is 10.7 Å². The van der Waals surface area contributed by atoms with Gasteiger partial charge in [-0.3, -0.25) is 9.98 Å². The maximum Gasteiger partial charge on any atom is 0.183 e. The SMILES string of the molecule is C1=c2c(c3cccnc3c3nc(-c4ccccc4)nn23)=NCC1c1cccc(-c2cc(-c3ccccc3)nc(-c3ccccc3)n2)c1. The summed E-state index contributed by atoms with van der Waals surface area (Å²) in [6.07, 6.45) is 4.07. The van der Waals surface area contributed by atoms with Crippen LogP contribution in [0.3, 0.4) is 0 Å². The van der Waals surface area contributed by atoms with E-state index < -0.39 is 0 Å². The molecular formula is C40H27N7. The largest absolute Gasteiger partial charge is 0.281 e. The van der Waals surface area contributed by atoms with E-state index in [1.807, 2.05) is 89.4 Å². The second-order valence-electron chi connectivity index (χ2n) is 11.6. The molecule has 47 heavy (non-hydrogen) atoms. The molecule has 7 heteroatoms. The third-order valence-electron chi connectivity index (χ3n) is 8.63. The van der Waals surface area contributed by atoms with Crippen LogP contribution in [-0.4, -0.2) is 36.1 Å². The average molecular weight is 606 g/mol. The minimum absolute atomic E-state index is 0.0353. The van der Waals surface area contributed by atoms with Crippen molar-refractivity contribution in [1.82, 2.24) is 29.5 Å². The van der Waals surface area contributed by atoms with Crippen LogP contribution in [-0.2, 0) is 0 Å². The highest BCUT2D eigenvalue weighted by Crippen LogP contribution is 2.30. The predicted octanol–water partition coefficient (Wildman–Crippen LogP) is 6.93. The van der Waals surface area contributed by atoms with Gasteiger partial charge in [-0.15, -0.1) is 5.10 Å². The number of pyridine rings is 2. The summed E-state index contributed by atoms with van der Waals surface area (Å²) in [6.45, 7) is 0.612. The number of hydrogen-bond donors (Lipinski definition) is 0. The molecule has 8 aromatic rings. The quantitative estimate of drug-likeness (QED) is 0.213. The van der Waals surface area contributed by atoms with Crippen LogP contribution in [0.4, 0.5) is 0 Å². The molecule has 0 radical (unpaired) electrons. The van der Waals surface area contributed by atoms with Crippen molar-refractivity contribution in [2.75, 3.05) is 6.54 Å². The van der Waals surface area contributed by atoms with Crippen molar-refractivity contribution < 1.29 is 0 Å². The lowest BCUT2D eigenvalue weighted by Gasteiger charge is -2.16. The normalized spacial score (nSPS) is 14.0. The van der Waals surface area contributed by atoms with Gasteiger partial charge in [-0.1, -0.05) is 109 Å². The first-order valence-corrected chi connectivity index (χ1v) is 15.6. The Bertz CT molecular complexity index is 2490. The molecule has 4 aromatic heterocycles. The van der Waals surface area contributed by atoms with Crippen LogP contribution in [0.25, 0.3) is 67.9 Å². The van der Waals surface area contributed by atoms with Gasteiger partial charge in [-0.05, 0) is 35.9 Å². The van der Waals surface area contributed by atoms with Gasteiger partial charge in [0, 0.05) is 39.8 Å². The lowest BCUT2D eigenvalue weighted by Crippen LogP contribution is -2.37. The Morgan fingerprint density at radius 3 is 1.98 bits per heavy atom. The zero-order chi connectivity index (χ0) is 31.2. The Morgan fingerprint density at radius 2 is 1.23 bits per heavy atom. The number of fused-ring (bicyclic) bond motifs is 6. The highest BCUT2D eigenvalue weighted by atomic mass is 15.3. The van der Waals surface area contributed by atoms with Crippen LogP contribution in [0.1, 0.15) is 11.5 Å². The number of nitrogens with zero attached hydrogens (tertiary/aromatic N) is 7. The summed E-state index contributed by atoms with van der Waals surface area (Å²) < 4.78 is 1.91. The van der Waals surface area contributed by atoms with E-state index in [1.165, 1.54) is 0 Å². The summed E-state index contributed by atoms with van der Waals surface area (Å²) in [7, 11) is 0. The van der Waals surface area contributed by atoms with E-state index >= 15 is 0 Å². The molecule has 1 aliphatic rings. The van der Waals surface area contributed by atoms with Gasteiger partial charge in [0.25, 0.3) is 0 Å². The molecule has 5 heterocycles. The first-order chi connectivity index (χ1) is 23.3. The van der Waals surface area contributed by atoms with Crippen molar-refractivity contribution in [3.05, 3.63) is 156 Å². The van der Waals surface area contributed by atoms with E-state index in [1.54, 1.807) is 6.20 Å². The number of rotatable bonds is 5. The number of aromatic nitrogens is 6.